The van der Waals surface area contributed by atoms with Crippen LogP contribution in [0.15, 0.2) is 47.2 Å². The number of aliphatic hydroxyl groups is 3. The number of aliphatic hydroxyl groups excluding tert-OH is 2. The largest absolute Gasteiger partial charge is 0.508 e. The van der Waals surface area contributed by atoms with E-state index in [0.29, 0.717) is 31.2 Å². The standard InChI is InChI=1S/C39H47FO7/c1-9-23-13-12-22(11-10-16-36(5,6)40)17-25(23)24-14-15-27(42)29-26(24)18-37(7)19-38(8)30(20(2)3)32(43)28(21(4)41)34(45)39(38,47)35(46)31(37)33(29)44/h12-15,17,20,30,42,44-45,47H,9-11,16,18-19H2,1-8H3/t30?,37-,38-,39+/m1/s1. The van der Waals surface area contributed by atoms with Crippen LogP contribution in [0, 0.1) is 22.7 Å². The monoisotopic (exact) mass is 646 g/mol. The van der Waals surface area contributed by atoms with Crippen molar-refractivity contribution in [2.75, 3.05) is 0 Å². The topological polar surface area (TPSA) is 132 Å². The number of hydrogen-bond donors (Lipinski definition) is 4. The fourth-order valence-electron chi connectivity index (χ4n) is 9.02. The normalized spacial score (nSPS) is 27.6. The number of carbonyl (C=O) groups is 3. The molecule has 0 amide bonds. The molecule has 0 bridgehead atoms. The van der Waals surface area contributed by atoms with E-state index in [0.717, 1.165) is 29.2 Å². The molecule has 0 spiro atoms. The molecule has 5 rings (SSSR count). The molecule has 252 valence electrons. The smallest absolute Gasteiger partial charge is 0.203 e. The Kier molecular flexibility index (Phi) is 8.40. The summed E-state index contributed by atoms with van der Waals surface area (Å²) in [4.78, 5) is 41.0. The maximum absolute atomic E-state index is 14.6. The number of alkyl halides is 1. The van der Waals surface area contributed by atoms with Crippen molar-refractivity contribution in [2.45, 2.75) is 105 Å². The molecular weight excluding hydrogens is 599 g/mol. The third-order valence-electron chi connectivity index (χ3n) is 11.0. The molecule has 1 fully saturated rings. The van der Waals surface area contributed by atoms with E-state index in [-0.39, 0.29) is 29.7 Å². The summed E-state index contributed by atoms with van der Waals surface area (Å²) in [5.74, 6) is -5.45. The average Bonchev–Trinajstić information content (AvgIpc) is 2.94. The van der Waals surface area contributed by atoms with Crippen LogP contribution in [-0.2, 0) is 33.6 Å². The van der Waals surface area contributed by atoms with Crippen LogP contribution < -0.4 is 0 Å². The van der Waals surface area contributed by atoms with E-state index in [1.807, 2.05) is 19.1 Å². The first kappa shape index (κ1) is 34.6. The number of Topliss-reactive ketones (excluding diaryl/α,β-unsaturated/α-hetero) is 3. The number of aromatic hydroxyl groups is 1. The molecular formula is C39H47FO7. The van der Waals surface area contributed by atoms with Crippen molar-refractivity contribution in [2.24, 2.45) is 22.7 Å². The minimum Gasteiger partial charge on any atom is -0.508 e. The first-order chi connectivity index (χ1) is 21.7. The van der Waals surface area contributed by atoms with Gasteiger partial charge in [0.05, 0.1) is 5.56 Å². The Labute approximate surface area is 276 Å². The summed E-state index contributed by atoms with van der Waals surface area (Å²) in [6, 6.07) is 9.43. The highest BCUT2D eigenvalue weighted by Crippen LogP contribution is 2.65. The van der Waals surface area contributed by atoms with Crippen molar-refractivity contribution in [3.05, 3.63) is 69.5 Å². The molecule has 0 aromatic heterocycles. The number of rotatable bonds is 8. The minimum atomic E-state index is -2.65. The summed E-state index contributed by atoms with van der Waals surface area (Å²) in [5.41, 5.74) is -2.85. The van der Waals surface area contributed by atoms with Gasteiger partial charge in [0.2, 0.25) is 5.78 Å². The van der Waals surface area contributed by atoms with Crippen molar-refractivity contribution in [1.29, 1.82) is 0 Å². The summed E-state index contributed by atoms with van der Waals surface area (Å²) < 4.78 is 14.2. The van der Waals surface area contributed by atoms with Gasteiger partial charge in [-0.25, -0.2) is 4.39 Å². The van der Waals surface area contributed by atoms with Crippen LogP contribution in [0.5, 0.6) is 5.75 Å². The maximum Gasteiger partial charge on any atom is 0.203 e. The van der Waals surface area contributed by atoms with Crippen molar-refractivity contribution in [3.8, 4) is 16.9 Å². The summed E-state index contributed by atoms with van der Waals surface area (Å²) in [6.07, 6.45) is 2.68. The van der Waals surface area contributed by atoms with Crippen LogP contribution in [-0.4, -0.2) is 49.0 Å². The number of carbonyl (C=O) groups excluding carboxylic acids is 3. The Balaban J connectivity index is 1.73. The second kappa shape index (κ2) is 11.4. The third-order valence-corrected chi connectivity index (χ3v) is 11.0. The number of allylic oxidation sites excluding steroid dienone is 1. The number of fused-ring (bicyclic) bond motifs is 3. The molecule has 0 aliphatic heterocycles. The molecule has 47 heavy (non-hydrogen) atoms. The number of phenolic OH excluding ortho intramolecular Hbond substituents is 1. The first-order valence-electron chi connectivity index (χ1n) is 16.6. The van der Waals surface area contributed by atoms with Crippen LogP contribution in [0.1, 0.15) is 96.9 Å². The lowest BCUT2D eigenvalue weighted by atomic mass is 9.43. The van der Waals surface area contributed by atoms with Gasteiger partial charge in [0, 0.05) is 22.3 Å². The van der Waals surface area contributed by atoms with E-state index >= 15 is 0 Å². The Morgan fingerprint density at radius 2 is 1.72 bits per heavy atom. The van der Waals surface area contributed by atoms with E-state index in [4.69, 9.17) is 0 Å². The number of aryl methyl sites for hydroxylation is 2. The Morgan fingerprint density at radius 3 is 2.30 bits per heavy atom. The molecule has 4 atom stereocenters. The predicted molar refractivity (Wildman–Crippen MR) is 179 cm³/mol. The second-order valence-electron chi connectivity index (χ2n) is 15.4. The van der Waals surface area contributed by atoms with Crippen LogP contribution >= 0.6 is 0 Å². The van der Waals surface area contributed by atoms with Crippen LogP contribution in [0.3, 0.4) is 0 Å². The third kappa shape index (κ3) is 5.14. The highest BCUT2D eigenvalue weighted by Gasteiger charge is 2.72. The van der Waals surface area contributed by atoms with Gasteiger partial charge in [0.1, 0.15) is 28.5 Å². The highest BCUT2D eigenvalue weighted by atomic mass is 19.1. The first-order valence-corrected chi connectivity index (χ1v) is 16.6. The Hall–Kier alpha value is -3.78. The predicted octanol–water partition coefficient (Wildman–Crippen LogP) is 7.49. The van der Waals surface area contributed by atoms with Gasteiger partial charge in [-0.3, -0.25) is 14.4 Å². The van der Waals surface area contributed by atoms with Gasteiger partial charge < -0.3 is 20.4 Å². The van der Waals surface area contributed by atoms with Gasteiger partial charge in [-0.1, -0.05) is 58.9 Å². The van der Waals surface area contributed by atoms with E-state index in [9.17, 15) is 39.2 Å². The van der Waals surface area contributed by atoms with E-state index in [1.54, 1.807) is 47.6 Å². The Bertz CT molecular complexity index is 1760. The van der Waals surface area contributed by atoms with Crippen LogP contribution in [0.25, 0.3) is 16.9 Å². The molecule has 0 saturated heterocycles. The fourth-order valence-corrected chi connectivity index (χ4v) is 9.02. The molecule has 7 nitrogen and oxygen atoms in total. The number of hydrogen-bond acceptors (Lipinski definition) is 7. The van der Waals surface area contributed by atoms with Gasteiger partial charge in [-0.15, -0.1) is 0 Å². The molecule has 0 heterocycles. The molecule has 3 aliphatic rings. The quantitative estimate of drug-likeness (QED) is 0.219. The van der Waals surface area contributed by atoms with Crippen LogP contribution in [0.2, 0.25) is 0 Å². The zero-order chi connectivity index (χ0) is 35.0. The van der Waals surface area contributed by atoms with Gasteiger partial charge in [0.25, 0.3) is 0 Å². The molecule has 4 N–H and O–H groups in total. The molecule has 3 aliphatic carbocycles. The number of halogens is 1. The molecule has 8 heteroatoms. The summed E-state index contributed by atoms with van der Waals surface area (Å²) in [6.45, 7) is 13.3. The van der Waals surface area contributed by atoms with E-state index < -0.39 is 68.4 Å². The summed E-state index contributed by atoms with van der Waals surface area (Å²) in [5, 5.41) is 46.7. The molecule has 0 radical (unpaired) electrons. The van der Waals surface area contributed by atoms with Gasteiger partial charge >= 0.3 is 0 Å². The van der Waals surface area contributed by atoms with Crippen molar-refractivity contribution >= 4 is 23.1 Å². The van der Waals surface area contributed by atoms with E-state index in [1.165, 1.54) is 6.07 Å². The van der Waals surface area contributed by atoms with Gasteiger partial charge in [0.15, 0.2) is 17.2 Å². The van der Waals surface area contributed by atoms with E-state index in [2.05, 4.69) is 6.07 Å². The van der Waals surface area contributed by atoms with Crippen molar-refractivity contribution in [1.82, 2.24) is 0 Å². The molecule has 2 aromatic carbocycles. The number of phenols is 1. The molecule has 2 aromatic rings. The lowest BCUT2D eigenvalue weighted by Crippen LogP contribution is -2.69. The zero-order valence-electron chi connectivity index (χ0n) is 28.7. The number of ketones is 3. The lowest BCUT2D eigenvalue weighted by Gasteiger charge is -2.59. The van der Waals surface area contributed by atoms with Gasteiger partial charge in [-0.05, 0) is 99.1 Å². The highest BCUT2D eigenvalue weighted by molar-refractivity contribution is 6.24. The fraction of sp³-hybridized carbons (Fsp3) is 0.513. The van der Waals surface area contributed by atoms with Crippen molar-refractivity contribution < 1.29 is 39.2 Å². The maximum atomic E-state index is 14.6. The van der Waals surface area contributed by atoms with Crippen molar-refractivity contribution in [3.63, 3.8) is 0 Å². The SMILES string of the molecule is CCc1ccc(CCCC(C)(C)F)cc1-c1ccc(O)c2c1C[C@]1(C)C[C@]3(C)C(C(C)C)C(=O)C(C(C)=O)=C(O)[C@]3(O)C(=O)C1=C2O. The zero-order valence-corrected chi connectivity index (χ0v) is 28.7. The second-order valence-corrected chi connectivity index (χ2v) is 15.4. The summed E-state index contributed by atoms with van der Waals surface area (Å²) >= 11 is 0. The summed E-state index contributed by atoms with van der Waals surface area (Å²) in [7, 11) is 0. The minimum absolute atomic E-state index is 0.0275. The van der Waals surface area contributed by atoms with Gasteiger partial charge in [-0.2, -0.15) is 0 Å². The molecule has 1 saturated carbocycles. The Morgan fingerprint density at radius 1 is 1.06 bits per heavy atom. The molecule has 1 unspecified atom stereocenters. The lowest BCUT2D eigenvalue weighted by molar-refractivity contribution is -0.178. The number of benzene rings is 2. The average molecular weight is 647 g/mol. The van der Waals surface area contributed by atoms with Crippen LogP contribution in [0.4, 0.5) is 4.39 Å².